The summed E-state index contributed by atoms with van der Waals surface area (Å²) in [7, 11) is 0. The van der Waals surface area contributed by atoms with Crippen LogP contribution < -0.4 is 14.7 Å². The Kier molecular flexibility index (Phi) is 7.88. The van der Waals surface area contributed by atoms with E-state index >= 15 is 0 Å². The molecule has 0 amide bonds. The number of para-hydroxylation sites is 4. The van der Waals surface area contributed by atoms with E-state index in [1.54, 1.807) is 0 Å². The predicted octanol–water partition coefficient (Wildman–Crippen LogP) is 13.7. The predicted molar refractivity (Wildman–Crippen MR) is 206 cm³/mol. The van der Waals surface area contributed by atoms with Gasteiger partial charge in [-0.3, -0.25) is 0 Å². The van der Waals surface area contributed by atoms with Crippen molar-refractivity contribution < 1.29 is 0 Å². The molecule has 0 N–H and O–H groups in total. The van der Waals surface area contributed by atoms with Crippen molar-refractivity contribution in [3.05, 3.63) is 133 Å². The standard InChI is InChI=1S/C42H35N3S3/c1-2-3-4-13-26-43-31-24-22-29(44-33-14-5-9-18-37(33)46-38-19-10-6-15-34(38)44)27-41(31)48-42-28-30(23-25-32(42)43)45-35-16-7-11-20-39(35)47-40-21-12-8-17-36(40)45/h5-12,14-25,27-28H,2-4,13,26H2,1H3. The van der Waals surface area contributed by atoms with E-state index in [4.69, 9.17) is 0 Å². The molecule has 3 aliphatic rings. The minimum absolute atomic E-state index is 1.01. The van der Waals surface area contributed by atoms with Crippen molar-refractivity contribution in [2.75, 3.05) is 21.2 Å². The summed E-state index contributed by atoms with van der Waals surface area (Å²) in [6.07, 6.45) is 4.94. The molecule has 9 rings (SSSR count). The zero-order valence-electron chi connectivity index (χ0n) is 26.8. The number of rotatable bonds is 7. The van der Waals surface area contributed by atoms with Gasteiger partial charge in [-0.1, -0.05) is 110 Å². The molecule has 0 spiro atoms. The van der Waals surface area contributed by atoms with Crippen molar-refractivity contribution in [3.63, 3.8) is 0 Å². The Morgan fingerprint density at radius 3 is 1.21 bits per heavy atom. The lowest BCUT2D eigenvalue weighted by Gasteiger charge is -2.37. The van der Waals surface area contributed by atoms with Gasteiger partial charge < -0.3 is 14.7 Å². The second-order valence-corrected chi connectivity index (χ2v) is 15.6. The molecule has 3 nitrogen and oxygen atoms in total. The Labute approximate surface area is 296 Å². The number of hydrogen-bond acceptors (Lipinski definition) is 6. The molecule has 6 aromatic carbocycles. The van der Waals surface area contributed by atoms with Gasteiger partial charge in [-0.25, -0.2) is 0 Å². The molecule has 48 heavy (non-hydrogen) atoms. The van der Waals surface area contributed by atoms with E-state index in [2.05, 4.69) is 155 Å². The second kappa shape index (κ2) is 12.7. The van der Waals surface area contributed by atoms with Crippen LogP contribution in [0.3, 0.4) is 0 Å². The van der Waals surface area contributed by atoms with Crippen LogP contribution in [0.15, 0.2) is 163 Å². The Balaban J connectivity index is 1.15. The molecule has 6 heteroatoms. The molecular formula is C42H35N3S3. The average Bonchev–Trinajstić information content (AvgIpc) is 3.13. The minimum atomic E-state index is 1.01. The van der Waals surface area contributed by atoms with Crippen molar-refractivity contribution in [2.45, 2.75) is 62.0 Å². The number of anilines is 8. The summed E-state index contributed by atoms with van der Waals surface area (Å²) in [5, 5.41) is 0. The minimum Gasteiger partial charge on any atom is -0.340 e. The van der Waals surface area contributed by atoms with Gasteiger partial charge in [0.25, 0.3) is 0 Å². The summed E-state index contributed by atoms with van der Waals surface area (Å²) in [4.78, 5) is 15.2. The molecule has 236 valence electrons. The third kappa shape index (κ3) is 5.18. The van der Waals surface area contributed by atoms with E-state index in [-0.39, 0.29) is 0 Å². The van der Waals surface area contributed by atoms with Crippen LogP contribution in [-0.4, -0.2) is 6.54 Å². The highest BCUT2D eigenvalue weighted by Gasteiger charge is 2.30. The van der Waals surface area contributed by atoms with E-state index in [0.717, 1.165) is 6.54 Å². The smallest absolute Gasteiger partial charge is 0.0601 e. The molecule has 0 fully saturated rings. The Bertz CT molecular complexity index is 1920. The molecular weight excluding hydrogens is 643 g/mol. The monoisotopic (exact) mass is 677 g/mol. The number of hydrogen-bond donors (Lipinski definition) is 0. The zero-order valence-corrected chi connectivity index (χ0v) is 29.3. The van der Waals surface area contributed by atoms with Crippen LogP contribution in [0, 0.1) is 0 Å². The van der Waals surface area contributed by atoms with E-state index < -0.39 is 0 Å². The molecule has 0 unspecified atom stereocenters. The first-order chi connectivity index (χ1) is 23.8. The largest absolute Gasteiger partial charge is 0.340 e. The first-order valence-electron chi connectivity index (χ1n) is 16.8. The molecule has 6 aromatic rings. The Hall–Kier alpha value is -4.23. The van der Waals surface area contributed by atoms with Gasteiger partial charge in [-0.05, 0) is 91.3 Å². The van der Waals surface area contributed by atoms with E-state index in [1.807, 2.05) is 35.3 Å². The number of unbranched alkanes of at least 4 members (excludes halogenated alkanes) is 3. The first-order valence-corrected chi connectivity index (χ1v) is 19.3. The first kappa shape index (κ1) is 29.9. The normalized spacial score (nSPS) is 14.0. The summed E-state index contributed by atoms with van der Waals surface area (Å²) in [5.41, 5.74) is 9.95. The summed E-state index contributed by atoms with van der Waals surface area (Å²) in [6.45, 7) is 3.30. The fourth-order valence-electron chi connectivity index (χ4n) is 7.04. The van der Waals surface area contributed by atoms with Crippen LogP contribution in [-0.2, 0) is 0 Å². The molecule has 0 aromatic heterocycles. The molecule has 0 atom stereocenters. The van der Waals surface area contributed by atoms with Gasteiger partial charge in [-0.2, -0.15) is 0 Å². The lowest BCUT2D eigenvalue weighted by Crippen LogP contribution is -2.23. The maximum absolute atomic E-state index is 2.58. The summed E-state index contributed by atoms with van der Waals surface area (Å²) in [5.74, 6) is 0. The van der Waals surface area contributed by atoms with Crippen LogP contribution in [0.4, 0.5) is 45.5 Å². The fourth-order valence-corrected chi connectivity index (χ4v) is 10.3. The molecule has 0 aliphatic carbocycles. The van der Waals surface area contributed by atoms with Gasteiger partial charge in [0.1, 0.15) is 0 Å². The molecule has 0 bridgehead atoms. The van der Waals surface area contributed by atoms with Gasteiger partial charge in [0, 0.05) is 47.3 Å². The Morgan fingerprint density at radius 2 is 0.792 bits per heavy atom. The van der Waals surface area contributed by atoms with E-state index in [1.165, 1.54) is 101 Å². The summed E-state index contributed by atoms with van der Waals surface area (Å²) >= 11 is 5.62. The van der Waals surface area contributed by atoms with Crippen molar-refractivity contribution in [1.82, 2.24) is 0 Å². The highest BCUT2D eigenvalue weighted by Crippen LogP contribution is 2.56. The third-order valence-corrected chi connectivity index (χ3v) is 12.7. The number of fused-ring (bicyclic) bond motifs is 6. The van der Waals surface area contributed by atoms with Gasteiger partial charge in [0.2, 0.25) is 0 Å². The molecule has 0 radical (unpaired) electrons. The summed E-state index contributed by atoms with van der Waals surface area (Å²) in [6, 6.07) is 49.3. The van der Waals surface area contributed by atoms with Crippen molar-refractivity contribution >= 4 is 80.8 Å². The maximum Gasteiger partial charge on any atom is 0.0601 e. The fraction of sp³-hybridized carbons (Fsp3) is 0.143. The van der Waals surface area contributed by atoms with Crippen LogP contribution in [0.2, 0.25) is 0 Å². The van der Waals surface area contributed by atoms with Gasteiger partial charge in [0.15, 0.2) is 0 Å². The average molecular weight is 678 g/mol. The SMILES string of the molecule is CCCCCCN1c2ccc(N3c4ccccc4Sc4ccccc43)cc2Sc2cc(N3c4ccccc4Sc4ccccc43)ccc21. The zero-order chi connectivity index (χ0) is 32.0. The van der Waals surface area contributed by atoms with E-state index in [0.29, 0.717) is 0 Å². The maximum atomic E-state index is 2.58. The lowest BCUT2D eigenvalue weighted by atomic mass is 10.1. The lowest BCUT2D eigenvalue weighted by molar-refractivity contribution is 0.666. The number of benzene rings is 6. The Morgan fingerprint density at radius 1 is 0.396 bits per heavy atom. The van der Waals surface area contributed by atoms with Crippen molar-refractivity contribution in [3.8, 4) is 0 Å². The van der Waals surface area contributed by atoms with Crippen molar-refractivity contribution in [1.29, 1.82) is 0 Å². The third-order valence-electron chi connectivity index (χ3n) is 9.30. The van der Waals surface area contributed by atoms with Gasteiger partial charge in [0.05, 0.1) is 34.1 Å². The topological polar surface area (TPSA) is 9.72 Å². The summed E-state index contributed by atoms with van der Waals surface area (Å²) < 4.78 is 0. The molecule has 0 saturated heterocycles. The van der Waals surface area contributed by atoms with Crippen LogP contribution in [0.5, 0.6) is 0 Å². The quantitative estimate of drug-likeness (QED) is 0.154. The highest BCUT2D eigenvalue weighted by molar-refractivity contribution is 8.00. The van der Waals surface area contributed by atoms with Gasteiger partial charge >= 0.3 is 0 Å². The number of nitrogens with zero attached hydrogens (tertiary/aromatic N) is 3. The molecule has 3 aliphatic heterocycles. The van der Waals surface area contributed by atoms with Crippen LogP contribution in [0.25, 0.3) is 0 Å². The van der Waals surface area contributed by atoms with Crippen LogP contribution in [0.1, 0.15) is 32.6 Å². The molecule has 3 heterocycles. The highest BCUT2D eigenvalue weighted by atomic mass is 32.2. The van der Waals surface area contributed by atoms with E-state index in [9.17, 15) is 0 Å². The van der Waals surface area contributed by atoms with Gasteiger partial charge in [-0.15, -0.1) is 0 Å². The van der Waals surface area contributed by atoms with Crippen LogP contribution >= 0.6 is 35.3 Å². The molecule has 0 saturated carbocycles. The second-order valence-electron chi connectivity index (χ2n) is 12.4. The van der Waals surface area contributed by atoms with Crippen molar-refractivity contribution in [2.24, 2.45) is 0 Å².